The predicted molar refractivity (Wildman–Crippen MR) is 134 cm³/mol. The van der Waals surface area contributed by atoms with E-state index in [2.05, 4.69) is 31.1 Å². The number of anilines is 1. The second-order valence-corrected chi connectivity index (χ2v) is 10.5. The summed E-state index contributed by atoms with van der Waals surface area (Å²) in [6, 6.07) is 15.9. The summed E-state index contributed by atoms with van der Waals surface area (Å²) < 4.78 is 40.4. The number of hydrogen-bond acceptors (Lipinski definition) is 3. The molecular formula is C28H32F3N3O. The molecule has 186 valence electrons. The van der Waals surface area contributed by atoms with Crippen molar-refractivity contribution in [2.45, 2.75) is 70.1 Å². The molecule has 1 fully saturated rings. The Labute approximate surface area is 204 Å². The number of carbonyl (C=O) groups excluding carboxylic acids is 1. The summed E-state index contributed by atoms with van der Waals surface area (Å²) >= 11 is 0. The highest BCUT2D eigenvalue weighted by molar-refractivity contribution is 5.94. The molecule has 2 aromatic carbocycles. The maximum absolute atomic E-state index is 13.5. The highest BCUT2D eigenvalue weighted by Crippen LogP contribution is 2.36. The van der Waals surface area contributed by atoms with Crippen LogP contribution in [0, 0.1) is 0 Å². The molecule has 1 amide bonds. The second kappa shape index (κ2) is 9.51. The van der Waals surface area contributed by atoms with Gasteiger partial charge in [-0.3, -0.25) is 4.79 Å². The van der Waals surface area contributed by atoms with Crippen molar-refractivity contribution in [2.75, 3.05) is 11.9 Å². The largest absolute Gasteiger partial charge is 0.433 e. The predicted octanol–water partition coefficient (Wildman–Crippen LogP) is 6.73. The van der Waals surface area contributed by atoms with Crippen LogP contribution in [0.4, 0.5) is 18.9 Å². The van der Waals surface area contributed by atoms with Crippen molar-refractivity contribution in [2.24, 2.45) is 0 Å². The number of benzene rings is 2. The molecule has 4 nitrogen and oxygen atoms in total. The number of nitrogens with zero attached hydrogens (tertiary/aromatic N) is 2. The first-order chi connectivity index (χ1) is 16.4. The molecule has 0 aliphatic heterocycles. The van der Waals surface area contributed by atoms with Crippen molar-refractivity contribution in [3.05, 3.63) is 71.4 Å². The van der Waals surface area contributed by atoms with Gasteiger partial charge in [-0.15, -0.1) is 0 Å². The molecule has 1 aliphatic rings. The van der Waals surface area contributed by atoms with Gasteiger partial charge in [0, 0.05) is 35.8 Å². The molecule has 0 radical (unpaired) electrons. The Morgan fingerprint density at radius 2 is 1.60 bits per heavy atom. The average Bonchev–Trinajstić information content (AvgIpc) is 2.82. The Bertz CT molecular complexity index is 1190. The van der Waals surface area contributed by atoms with E-state index in [9.17, 15) is 18.0 Å². The number of nitrogens with one attached hydrogen (secondary N) is 1. The summed E-state index contributed by atoms with van der Waals surface area (Å²) in [6.45, 7) is 6.41. The number of amides is 1. The fourth-order valence-electron chi connectivity index (χ4n) is 4.79. The molecule has 3 aromatic rings. The number of rotatable bonds is 4. The van der Waals surface area contributed by atoms with Crippen molar-refractivity contribution >= 4 is 22.5 Å². The topological polar surface area (TPSA) is 45.2 Å². The normalized spacial score (nSPS) is 18.9. The molecule has 1 aliphatic carbocycles. The molecule has 35 heavy (non-hydrogen) atoms. The highest BCUT2D eigenvalue weighted by atomic mass is 19.4. The summed E-state index contributed by atoms with van der Waals surface area (Å²) in [6.07, 6.45) is -1.40. The van der Waals surface area contributed by atoms with Crippen molar-refractivity contribution in [3.63, 3.8) is 0 Å². The van der Waals surface area contributed by atoms with Crippen molar-refractivity contribution in [1.29, 1.82) is 0 Å². The Balaban J connectivity index is 1.43. The maximum Gasteiger partial charge on any atom is 0.433 e. The van der Waals surface area contributed by atoms with E-state index in [1.54, 1.807) is 12.1 Å². The van der Waals surface area contributed by atoms with Gasteiger partial charge in [0.05, 0.1) is 5.52 Å². The smallest absolute Gasteiger partial charge is 0.371 e. The SMILES string of the molecule is CN(c1cc(C(F)(F)F)nc2ccccc12)[C@H]1CC[C@@H](NC(=O)c2ccc(C(C)(C)C)cc2)CC1. The van der Waals surface area contributed by atoms with Crippen LogP contribution in [0.25, 0.3) is 10.9 Å². The van der Waals surface area contributed by atoms with Gasteiger partial charge >= 0.3 is 6.18 Å². The summed E-state index contributed by atoms with van der Waals surface area (Å²) in [5, 5.41) is 3.84. The van der Waals surface area contributed by atoms with E-state index < -0.39 is 11.9 Å². The van der Waals surface area contributed by atoms with Crippen molar-refractivity contribution in [3.8, 4) is 0 Å². The molecule has 0 unspecified atom stereocenters. The average molecular weight is 484 g/mol. The van der Waals surface area contributed by atoms with Crippen LogP contribution in [0.1, 0.15) is 68.1 Å². The first-order valence-electron chi connectivity index (χ1n) is 12.0. The standard InChI is InChI=1S/C28H32F3N3O/c1-27(2,3)19-11-9-18(10-12-19)26(35)32-20-13-15-21(16-14-20)34(4)24-17-25(28(29,30)31)33-23-8-6-5-7-22(23)24/h5-12,17,20-21H,13-16H2,1-4H3,(H,32,35)/t20-,21+. The molecule has 1 N–H and O–H groups in total. The van der Waals surface area contributed by atoms with Crippen LogP contribution in [0.2, 0.25) is 0 Å². The molecule has 4 rings (SSSR count). The van der Waals surface area contributed by atoms with Gasteiger partial charge in [-0.05, 0) is 60.9 Å². The van der Waals surface area contributed by atoms with E-state index in [0.717, 1.165) is 31.7 Å². The minimum absolute atomic E-state index is 0.0282. The van der Waals surface area contributed by atoms with E-state index >= 15 is 0 Å². The summed E-state index contributed by atoms with van der Waals surface area (Å²) in [4.78, 5) is 18.5. The van der Waals surface area contributed by atoms with E-state index in [0.29, 0.717) is 22.2 Å². The Kier molecular flexibility index (Phi) is 6.80. The van der Waals surface area contributed by atoms with Crippen LogP contribution in [0.5, 0.6) is 0 Å². The third-order valence-corrected chi connectivity index (χ3v) is 6.96. The van der Waals surface area contributed by atoms with Gasteiger partial charge < -0.3 is 10.2 Å². The Morgan fingerprint density at radius 3 is 2.20 bits per heavy atom. The van der Waals surface area contributed by atoms with Crippen LogP contribution in [-0.4, -0.2) is 30.0 Å². The third-order valence-electron chi connectivity index (χ3n) is 6.96. The molecule has 0 atom stereocenters. The lowest BCUT2D eigenvalue weighted by Crippen LogP contribution is -2.43. The number of fused-ring (bicyclic) bond motifs is 1. The summed E-state index contributed by atoms with van der Waals surface area (Å²) in [7, 11) is 1.85. The first kappa shape index (κ1) is 25.0. The number of alkyl halides is 3. The molecule has 1 aromatic heterocycles. The van der Waals surface area contributed by atoms with Gasteiger partial charge in [0.1, 0.15) is 5.69 Å². The van der Waals surface area contributed by atoms with Gasteiger partial charge in [0.25, 0.3) is 5.91 Å². The number of pyridine rings is 1. The van der Waals surface area contributed by atoms with Crippen LogP contribution < -0.4 is 10.2 Å². The number of hydrogen-bond donors (Lipinski definition) is 1. The monoisotopic (exact) mass is 483 g/mol. The lowest BCUT2D eigenvalue weighted by Gasteiger charge is -2.37. The molecular weight excluding hydrogens is 451 g/mol. The van der Waals surface area contributed by atoms with Crippen molar-refractivity contribution < 1.29 is 18.0 Å². The van der Waals surface area contributed by atoms with E-state index in [-0.39, 0.29) is 23.4 Å². The number of para-hydroxylation sites is 1. The van der Waals surface area contributed by atoms with Gasteiger partial charge in [-0.1, -0.05) is 51.1 Å². The first-order valence-corrected chi connectivity index (χ1v) is 12.0. The lowest BCUT2D eigenvalue weighted by molar-refractivity contribution is -0.140. The molecule has 1 heterocycles. The zero-order valence-electron chi connectivity index (χ0n) is 20.6. The Morgan fingerprint density at radius 1 is 0.971 bits per heavy atom. The fourth-order valence-corrected chi connectivity index (χ4v) is 4.79. The zero-order valence-corrected chi connectivity index (χ0v) is 20.6. The molecule has 7 heteroatoms. The van der Waals surface area contributed by atoms with Crippen molar-refractivity contribution in [1.82, 2.24) is 10.3 Å². The van der Waals surface area contributed by atoms with Gasteiger partial charge in [-0.2, -0.15) is 13.2 Å². The summed E-state index contributed by atoms with van der Waals surface area (Å²) in [5.41, 5.74) is 1.84. The zero-order chi connectivity index (χ0) is 25.4. The lowest BCUT2D eigenvalue weighted by atomic mass is 9.86. The number of carbonyl (C=O) groups is 1. The third kappa shape index (κ3) is 5.60. The van der Waals surface area contributed by atoms with Crippen LogP contribution >= 0.6 is 0 Å². The minimum atomic E-state index is -4.51. The van der Waals surface area contributed by atoms with Gasteiger partial charge in [0.2, 0.25) is 0 Å². The number of halogens is 3. The minimum Gasteiger partial charge on any atom is -0.371 e. The van der Waals surface area contributed by atoms with Crippen LogP contribution in [-0.2, 0) is 11.6 Å². The van der Waals surface area contributed by atoms with Gasteiger partial charge in [0.15, 0.2) is 0 Å². The van der Waals surface area contributed by atoms with E-state index in [4.69, 9.17) is 0 Å². The second-order valence-electron chi connectivity index (χ2n) is 10.5. The molecule has 0 bridgehead atoms. The van der Waals surface area contributed by atoms with Gasteiger partial charge in [-0.25, -0.2) is 4.98 Å². The van der Waals surface area contributed by atoms with E-state index in [1.165, 1.54) is 5.56 Å². The fraction of sp³-hybridized carbons (Fsp3) is 0.429. The molecule has 0 saturated heterocycles. The number of aromatic nitrogens is 1. The Hall–Kier alpha value is -3.09. The van der Waals surface area contributed by atoms with Crippen LogP contribution in [0.15, 0.2) is 54.6 Å². The maximum atomic E-state index is 13.5. The molecule has 0 spiro atoms. The quantitative estimate of drug-likeness (QED) is 0.448. The van der Waals surface area contributed by atoms with Crippen LogP contribution in [0.3, 0.4) is 0 Å². The van der Waals surface area contributed by atoms with E-state index in [1.807, 2.05) is 48.3 Å². The summed E-state index contributed by atoms with van der Waals surface area (Å²) in [5.74, 6) is -0.0859. The molecule has 1 saturated carbocycles. The highest BCUT2D eigenvalue weighted by Gasteiger charge is 2.34.